The van der Waals surface area contributed by atoms with Gasteiger partial charge >= 0.3 is 0 Å². The van der Waals surface area contributed by atoms with Crippen molar-refractivity contribution >= 4 is 17.2 Å². The number of rotatable bonds is 4. The first-order chi connectivity index (χ1) is 10.2. The minimum Gasteiger partial charge on any atom is -0.484 e. The Morgan fingerprint density at radius 1 is 1.24 bits per heavy atom. The first-order valence-electron chi connectivity index (χ1n) is 6.49. The molecule has 0 bridgehead atoms. The number of nitrogens with zero attached hydrogens (tertiary/aromatic N) is 3. The van der Waals surface area contributed by atoms with Crippen LogP contribution in [0.1, 0.15) is 5.56 Å². The average molecular weight is 282 g/mol. The number of aryl methyl sites for hydroxylation is 1. The molecule has 0 unspecified atom stereocenters. The minimum absolute atomic E-state index is 0.0384. The summed E-state index contributed by atoms with van der Waals surface area (Å²) in [6, 6.07) is 11.1. The molecule has 106 valence electrons. The van der Waals surface area contributed by atoms with Crippen LogP contribution in [0.25, 0.3) is 5.65 Å². The maximum atomic E-state index is 11.9. The third-order valence-corrected chi connectivity index (χ3v) is 2.97. The minimum atomic E-state index is -0.219. The monoisotopic (exact) mass is 282 g/mol. The van der Waals surface area contributed by atoms with E-state index in [9.17, 15) is 4.79 Å². The highest BCUT2D eigenvalue weighted by Gasteiger charge is 2.05. The molecule has 0 saturated heterocycles. The molecule has 1 aromatic carbocycles. The van der Waals surface area contributed by atoms with E-state index < -0.39 is 0 Å². The number of benzene rings is 1. The van der Waals surface area contributed by atoms with Crippen molar-refractivity contribution in [3.8, 4) is 5.75 Å². The number of aromatic nitrogens is 3. The summed E-state index contributed by atoms with van der Waals surface area (Å²) in [6.07, 6.45) is 3.33. The van der Waals surface area contributed by atoms with Crippen LogP contribution >= 0.6 is 0 Å². The van der Waals surface area contributed by atoms with Crippen molar-refractivity contribution in [1.29, 1.82) is 0 Å². The Morgan fingerprint density at radius 2 is 2.05 bits per heavy atom. The number of carbonyl (C=O) groups is 1. The predicted octanol–water partition coefficient (Wildman–Crippen LogP) is 2.06. The Bertz CT molecular complexity index is 765. The number of anilines is 1. The predicted molar refractivity (Wildman–Crippen MR) is 78.3 cm³/mol. The van der Waals surface area contributed by atoms with Gasteiger partial charge in [0, 0.05) is 6.20 Å². The van der Waals surface area contributed by atoms with E-state index in [0.717, 1.165) is 11.2 Å². The van der Waals surface area contributed by atoms with Crippen LogP contribution in [-0.4, -0.2) is 27.1 Å². The summed E-state index contributed by atoms with van der Waals surface area (Å²) < 4.78 is 7.16. The zero-order valence-corrected chi connectivity index (χ0v) is 11.5. The molecule has 0 spiro atoms. The molecule has 0 aliphatic heterocycles. The van der Waals surface area contributed by atoms with Crippen molar-refractivity contribution in [2.24, 2.45) is 0 Å². The van der Waals surface area contributed by atoms with Crippen LogP contribution in [0.3, 0.4) is 0 Å². The molecular formula is C15H14N4O2. The van der Waals surface area contributed by atoms with Crippen molar-refractivity contribution in [2.45, 2.75) is 6.92 Å². The third-order valence-electron chi connectivity index (χ3n) is 2.97. The molecule has 3 aromatic rings. The van der Waals surface area contributed by atoms with Crippen LogP contribution in [0.4, 0.5) is 5.69 Å². The Balaban J connectivity index is 1.59. The molecule has 1 N–H and O–H groups in total. The lowest BCUT2D eigenvalue weighted by atomic mass is 10.2. The van der Waals surface area contributed by atoms with E-state index in [1.165, 1.54) is 0 Å². The lowest BCUT2D eigenvalue weighted by molar-refractivity contribution is -0.118. The number of hydrogen-bond donors (Lipinski definition) is 1. The zero-order valence-electron chi connectivity index (χ0n) is 11.5. The number of nitrogens with one attached hydrogen (secondary N) is 1. The first-order valence-corrected chi connectivity index (χ1v) is 6.49. The van der Waals surface area contributed by atoms with Gasteiger partial charge in [0.05, 0.1) is 5.69 Å². The van der Waals surface area contributed by atoms with Gasteiger partial charge in [-0.2, -0.15) is 0 Å². The van der Waals surface area contributed by atoms with E-state index in [1.54, 1.807) is 29.1 Å². The SMILES string of the molecule is Cc1ccc(OCC(=O)Nc2ccc3nncn3c2)cc1. The number of hydrogen-bond acceptors (Lipinski definition) is 4. The number of pyridine rings is 1. The molecule has 0 saturated carbocycles. The van der Waals surface area contributed by atoms with Crippen LogP contribution in [0.5, 0.6) is 5.75 Å². The summed E-state index contributed by atoms with van der Waals surface area (Å²) in [5.41, 5.74) is 2.54. The van der Waals surface area contributed by atoms with Crippen LogP contribution in [0, 0.1) is 6.92 Å². The quantitative estimate of drug-likeness (QED) is 0.795. The summed E-state index contributed by atoms with van der Waals surface area (Å²) in [5.74, 6) is 0.452. The second-order valence-electron chi connectivity index (χ2n) is 4.66. The molecule has 0 aliphatic rings. The van der Waals surface area contributed by atoms with Gasteiger partial charge in [0.2, 0.25) is 0 Å². The van der Waals surface area contributed by atoms with Crippen LogP contribution in [0.2, 0.25) is 0 Å². The fraction of sp³-hybridized carbons (Fsp3) is 0.133. The van der Waals surface area contributed by atoms with Gasteiger partial charge in [0.1, 0.15) is 12.1 Å². The normalized spacial score (nSPS) is 10.5. The molecule has 2 heterocycles. The molecule has 21 heavy (non-hydrogen) atoms. The van der Waals surface area contributed by atoms with Crippen molar-refractivity contribution in [3.63, 3.8) is 0 Å². The van der Waals surface area contributed by atoms with Crippen LogP contribution < -0.4 is 10.1 Å². The second kappa shape index (κ2) is 5.62. The number of carbonyl (C=O) groups excluding carboxylic acids is 1. The van der Waals surface area contributed by atoms with Gasteiger partial charge in [-0.3, -0.25) is 9.20 Å². The fourth-order valence-corrected chi connectivity index (χ4v) is 1.88. The third kappa shape index (κ3) is 3.17. The summed E-state index contributed by atoms with van der Waals surface area (Å²) in [7, 11) is 0. The molecule has 6 heteroatoms. The van der Waals surface area contributed by atoms with Gasteiger partial charge in [-0.05, 0) is 31.2 Å². The van der Waals surface area contributed by atoms with Crippen molar-refractivity contribution in [3.05, 3.63) is 54.5 Å². The van der Waals surface area contributed by atoms with E-state index >= 15 is 0 Å². The highest BCUT2D eigenvalue weighted by molar-refractivity contribution is 5.91. The molecule has 1 amide bonds. The smallest absolute Gasteiger partial charge is 0.262 e. The topological polar surface area (TPSA) is 68.5 Å². The number of amides is 1. The van der Waals surface area contributed by atoms with E-state index in [0.29, 0.717) is 11.4 Å². The van der Waals surface area contributed by atoms with Gasteiger partial charge in [-0.1, -0.05) is 17.7 Å². The molecule has 0 radical (unpaired) electrons. The lowest BCUT2D eigenvalue weighted by Gasteiger charge is -2.08. The number of fused-ring (bicyclic) bond motifs is 1. The van der Waals surface area contributed by atoms with Gasteiger partial charge in [0.15, 0.2) is 12.3 Å². The van der Waals surface area contributed by atoms with Crippen LogP contribution in [-0.2, 0) is 4.79 Å². The summed E-state index contributed by atoms with van der Waals surface area (Å²) in [6.45, 7) is 1.96. The Morgan fingerprint density at radius 3 is 2.86 bits per heavy atom. The highest BCUT2D eigenvalue weighted by atomic mass is 16.5. The standard InChI is InChI=1S/C15H14N4O2/c1-11-2-5-13(6-3-11)21-9-15(20)17-12-4-7-14-18-16-10-19(14)8-12/h2-8,10H,9H2,1H3,(H,17,20). The summed E-state index contributed by atoms with van der Waals surface area (Å²) in [5, 5.41) is 10.4. The first kappa shape index (κ1) is 13.1. The average Bonchev–Trinajstić information content (AvgIpc) is 2.94. The van der Waals surface area contributed by atoms with E-state index in [-0.39, 0.29) is 12.5 Å². The Hall–Kier alpha value is -2.89. The van der Waals surface area contributed by atoms with Crippen LogP contribution in [0.15, 0.2) is 48.9 Å². The molecule has 0 fully saturated rings. The van der Waals surface area contributed by atoms with Gasteiger partial charge < -0.3 is 10.1 Å². The van der Waals surface area contributed by atoms with Gasteiger partial charge in [-0.25, -0.2) is 0 Å². The molecule has 6 nitrogen and oxygen atoms in total. The zero-order chi connectivity index (χ0) is 14.7. The van der Waals surface area contributed by atoms with Gasteiger partial charge in [-0.15, -0.1) is 10.2 Å². The summed E-state index contributed by atoms with van der Waals surface area (Å²) in [4.78, 5) is 11.9. The van der Waals surface area contributed by atoms with Crippen molar-refractivity contribution in [1.82, 2.24) is 14.6 Å². The van der Waals surface area contributed by atoms with Gasteiger partial charge in [0.25, 0.3) is 5.91 Å². The summed E-state index contributed by atoms with van der Waals surface area (Å²) >= 11 is 0. The molecular weight excluding hydrogens is 268 g/mol. The fourth-order valence-electron chi connectivity index (χ4n) is 1.88. The van der Waals surface area contributed by atoms with Crippen molar-refractivity contribution in [2.75, 3.05) is 11.9 Å². The van der Waals surface area contributed by atoms with E-state index in [1.807, 2.05) is 31.2 Å². The highest BCUT2D eigenvalue weighted by Crippen LogP contribution is 2.12. The van der Waals surface area contributed by atoms with E-state index in [2.05, 4.69) is 15.5 Å². The molecule has 2 aromatic heterocycles. The molecule has 0 atom stereocenters. The maximum Gasteiger partial charge on any atom is 0.262 e. The Kier molecular flexibility index (Phi) is 3.51. The lowest BCUT2D eigenvalue weighted by Crippen LogP contribution is -2.20. The Labute approximate surface area is 121 Å². The molecule has 0 aliphatic carbocycles. The largest absolute Gasteiger partial charge is 0.484 e. The maximum absolute atomic E-state index is 11.9. The van der Waals surface area contributed by atoms with Crippen molar-refractivity contribution < 1.29 is 9.53 Å². The van der Waals surface area contributed by atoms with E-state index in [4.69, 9.17) is 4.74 Å². The second-order valence-corrected chi connectivity index (χ2v) is 4.66. The molecule has 3 rings (SSSR count). The number of ether oxygens (including phenoxy) is 1.